The van der Waals surface area contributed by atoms with E-state index in [1.165, 1.54) is 19.9 Å². The van der Waals surface area contributed by atoms with E-state index >= 15 is 0 Å². The Labute approximate surface area is 98.4 Å². The number of benzene rings is 1. The first-order valence-electron chi connectivity index (χ1n) is 5.06. The topological polar surface area (TPSA) is 83.5 Å². The summed E-state index contributed by atoms with van der Waals surface area (Å²) in [6.07, 6.45) is 0. The van der Waals surface area contributed by atoms with E-state index < -0.39 is 17.8 Å². The van der Waals surface area contributed by atoms with Crippen LogP contribution in [0.15, 0.2) is 24.3 Å². The smallest absolute Gasteiger partial charge is 0.315 e. The van der Waals surface area contributed by atoms with Crippen molar-refractivity contribution in [2.75, 3.05) is 5.32 Å². The zero-order valence-corrected chi connectivity index (χ0v) is 9.56. The third kappa shape index (κ3) is 3.41. The Balaban J connectivity index is 2.82. The van der Waals surface area contributed by atoms with Crippen LogP contribution >= 0.6 is 0 Å². The van der Waals surface area contributed by atoms with Gasteiger partial charge in [0.1, 0.15) is 5.92 Å². The van der Waals surface area contributed by atoms with Crippen LogP contribution in [0.5, 0.6) is 0 Å². The molecule has 0 spiro atoms. The van der Waals surface area contributed by atoms with Gasteiger partial charge in [-0.1, -0.05) is 12.1 Å². The molecule has 0 aliphatic carbocycles. The number of amides is 1. The highest BCUT2D eigenvalue weighted by Gasteiger charge is 2.20. The minimum Gasteiger partial charge on any atom is -0.481 e. The molecule has 0 aliphatic rings. The van der Waals surface area contributed by atoms with E-state index in [0.717, 1.165) is 0 Å². The molecule has 1 aromatic rings. The molecule has 90 valence electrons. The van der Waals surface area contributed by atoms with Crippen molar-refractivity contribution < 1.29 is 19.5 Å². The summed E-state index contributed by atoms with van der Waals surface area (Å²) < 4.78 is 0. The number of aliphatic carboxylic acids is 1. The fourth-order valence-corrected chi connectivity index (χ4v) is 1.18. The molecule has 0 heterocycles. The number of carbonyl (C=O) groups is 3. The van der Waals surface area contributed by atoms with Crippen molar-refractivity contribution in [2.45, 2.75) is 13.8 Å². The molecule has 0 saturated carbocycles. The highest BCUT2D eigenvalue weighted by atomic mass is 16.4. The van der Waals surface area contributed by atoms with E-state index in [2.05, 4.69) is 5.32 Å². The van der Waals surface area contributed by atoms with Crippen LogP contribution in [-0.2, 0) is 9.59 Å². The SMILES string of the molecule is CC(=O)c1cccc(NC(=O)C(C)C(=O)O)c1. The fourth-order valence-electron chi connectivity index (χ4n) is 1.18. The molecule has 0 bridgehead atoms. The molecule has 0 aromatic heterocycles. The molecule has 0 fully saturated rings. The standard InChI is InChI=1S/C12H13NO4/c1-7(12(16)17)11(15)13-10-5-3-4-9(6-10)8(2)14/h3-7H,1-2H3,(H,13,15)(H,16,17). The predicted molar refractivity (Wildman–Crippen MR) is 61.9 cm³/mol. The first-order chi connectivity index (χ1) is 7.91. The Morgan fingerprint density at radius 3 is 2.47 bits per heavy atom. The summed E-state index contributed by atoms with van der Waals surface area (Å²) in [7, 11) is 0. The molecular weight excluding hydrogens is 222 g/mol. The van der Waals surface area contributed by atoms with Crippen molar-refractivity contribution in [1.82, 2.24) is 0 Å². The Morgan fingerprint density at radius 1 is 1.29 bits per heavy atom. The van der Waals surface area contributed by atoms with Crippen LogP contribution in [0.1, 0.15) is 24.2 Å². The summed E-state index contributed by atoms with van der Waals surface area (Å²) in [6, 6.07) is 6.35. The quantitative estimate of drug-likeness (QED) is 0.612. The van der Waals surface area contributed by atoms with Gasteiger partial charge in [-0.05, 0) is 26.0 Å². The van der Waals surface area contributed by atoms with Crippen LogP contribution in [0.4, 0.5) is 5.69 Å². The van der Waals surface area contributed by atoms with Crippen molar-refractivity contribution in [3.05, 3.63) is 29.8 Å². The molecule has 1 aromatic carbocycles. The lowest BCUT2D eigenvalue weighted by Crippen LogP contribution is -2.26. The number of nitrogens with one attached hydrogen (secondary N) is 1. The van der Waals surface area contributed by atoms with Crippen molar-refractivity contribution >= 4 is 23.3 Å². The molecule has 1 unspecified atom stereocenters. The number of hydrogen-bond acceptors (Lipinski definition) is 3. The molecular formula is C12H13NO4. The van der Waals surface area contributed by atoms with Crippen LogP contribution < -0.4 is 5.32 Å². The maximum absolute atomic E-state index is 11.5. The molecule has 0 radical (unpaired) electrons. The van der Waals surface area contributed by atoms with Gasteiger partial charge in [-0.25, -0.2) is 0 Å². The normalized spacial score (nSPS) is 11.6. The number of Topliss-reactive ketones (excluding diaryl/α,β-unsaturated/α-hetero) is 1. The highest BCUT2D eigenvalue weighted by Crippen LogP contribution is 2.12. The summed E-state index contributed by atoms with van der Waals surface area (Å²) in [5.41, 5.74) is 0.876. The Bertz CT molecular complexity index is 467. The number of hydrogen-bond donors (Lipinski definition) is 2. The number of anilines is 1. The average molecular weight is 235 g/mol. The lowest BCUT2D eigenvalue weighted by atomic mass is 10.1. The van der Waals surface area contributed by atoms with Gasteiger partial charge >= 0.3 is 5.97 Å². The zero-order valence-electron chi connectivity index (χ0n) is 9.56. The first kappa shape index (κ1) is 12.9. The molecule has 2 N–H and O–H groups in total. The van der Waals surface area contributed by atoms with Crippen molar-refractivity contribution in [3.63, 3.8) is 0 Å². The van der Waals surface area contributed by atoms with Gasteiger partial charge in [0.2, 0.25) is 5.91 Å². The van der Waals surface area contributed by atoms with E-state index in [4.69, 9.17) is 5.11 Å². The molecule has 5 heteroatoms. The summed E-state index contributed by atoms with van der Waals surface area (Å²) in [5, 5.41) is 11.1. The summed E-state index contributed by atoms with van der Waals surface area (Å²) in [4.78, 5) is 33.2. The number of ketones is 1. The Morgan fingerprint density at radius 2 is 1.94 bits per heavy atom. The van der Waals surface area contributed by atoms with Crippen LogP contribution in [0.25, 0.3) is 0 Å². The molecule has 17 heavy (non-hydrogen) atoms. The number of carboxylic acids is 1. The summed E-state index contributed by atoms with van der Waals surface area (Å²) >= 11 is 0. The van der Waals surface area contributed by atoms with Crippen molar-refractivity contribution in [3.8, 4) is 0 Å². The van der Waals surface area contributed by atoms with Crippen molar-refractivity contribution in [2.24, 2.45) is 5.92 Å². The zero-order chi connectivity index (χ0) is 13.0. The second-order valence-corrected chi connectivity index (χ2v) is 3.69. The van der Waals surface area contributed by atoms with Gasteiger partial charge in [-0.2, -0.15) is 0 Å². The Hall–Kier alpha value is -2.17. The lowest BCUT2D eigenvalue weighted by Gasteiger charge is -2.08. The van der Waals surface area contributed by atoms with E-state index in [9.17, 15) is 14.4 Å². The number of rotatable bonds is 4. The summed E-state index contributed by atoms with van der Waals surface area (Å²) in [6.45, 7) is 2.72. The van der Waals surface area contributed by atoms with E-state index in [1.54, 1.807) is 18.2 Å². The maximum atomic E-state index is 11.5. The minimum absolute atomic E-state index is 0.118. The molecule has 0 aliphatic heterocycles. The van der Waals surface area contributed by atoms with E-state index in [-0.39, 0.29) is 5.78 Å². The second kappa shape index (κ2) is 5.25. The highest BCUT2D eigenvalue weighted by molar-refractivity contribution is 6.04. The fraction of sp³-hybridized carbons (Fsp3) is 0.250. The predicted octanol–water partition coefficient (Wildman–Crippen LogP) is 1.55. The second-order valence-electron chi connectivity index (χ2n) is 3.69. The van der Waals surface area contributed by atoms with E-state index in [1.807, 2.05) is 0 Å². The van der Waals surface area contributed by atoms with Crippen LogP contribution in [-0.4, -0.2) is 22.8 Å². The summed E-state index contributed by atoms with van der Waals surface area (Å²) in [5.74, 6) is -3.05. The first-order valence-corrected chi connectivity index (χ1v) is 5.06. The van der Waals surface area contributed by atoms with Crippen LogP contribution in [0.3, 0.4) is 0 Å². The monoisotopic (exact) mass is 235 g/mol. The van der Waals surface area contributed by atoms with Gasteiger partial charge in [0.15, 0.2) is 5.78 Å². The van der Waals surface area contributed by atoms with Crippen LogP contribution in [0, 0.1) is 5.92 Å². The molecule has 5 nitrogen and oxygen atoms in total. The average Bonchev–Trinajstić information content (AvgIpc) is 2.28. The number of carboxylic acid groups (broad SMARTS) is 1. The maximum Gasteiger partial charge on any atom is 0.315 e. The van der Waals surface area contributed by atoms with Crippen LogP contribution in [0.2, 0.25) is 0 Å². The lowest BCUT2D eigenvalue weighted by molar-refractivity contribution is -0.144. The third-order valence-electron chi connectivity index (χ3n) is 2.30. The molecule has 0 saturated heterocycles. The van der Waals surface area contributed by atoms with Gasteiger partial charge in [-0.15, -0.1) is 0 Å². The largest absolute Gasteiger partial charge is 0.481 e. The van der Waals surface area contributed by atoms with Gasteiger partial charge in [0.25, 0.3) is 0 Å². The van der Waals surface area contributed by atoms with Gasteiger partial charge in [-0.3, -0.25) is 14.4 Å². The Kier molecular flexibility index (Phi) is 3.98. The number of carbonyl (C=O) groups excluding carboxylic acids is 2. The van der Waals surface area contributed by atoms with Gasteiger partial charge < -0.3 is 10.4 Å². The third-order valence-corrected chi connectivity index (χ3v) is 2.30. The molecule has 1 amide bonds. The van der Waals surface area contributed by atoms with Crippen molar-refractivity contribution in [1.29, 1.82) is 0 Å². The van der Waals surface area contributed by atoms with Gasteiger partial charge in [0, 0.05) is 11.3 Å². The van der Waals surface area contributed by atoms with Gasteiger partial charge in [0.05, 0.1) is 0 Å². The van der Waals surface area contributed by atoms with E-state index in [0.29, 0.717) is 11.3 Å². The molecule has 1 rings (SSSR count). The molecule has 1 atom stereocenters. The minimum atomic E-state index is -1.19.